The molecule has 0 aromatic heterocycles. The average molecular weight is 530 g/mol. The largest absolute Gasteiger partial charge is 0.481 e. The maximum absolute atomic E-state index is 14.5. The normalized spacial score (nSPS) is 14.2. The Kier molecular flexibility index (Phi) is 7.49. The molecule has 0 unspecified atom stereocenters. The van der Waals surface area contributed by atoms with Crippen LogP contribution in [0.25, 0.3) is 11.1 Å². The van der Waals surface area contributed by atoms with Crippen molar-refractivity contribution < 1.29 is 36.6 Å². The fourth-order valence-electron chi connectivity index (χ4n) is 4.40. The van der Waals surface area contributed by atoms with Crippen LogP contribution in [0.2, 0.25) is 0 Å². The van der Waals surface area contributed by atoms with Crippen molar-refractivity contribution >= 4 is 17.6 Å². The summed E-state index contributed by atoms with van der Waals surface area (Å²) < 4.78 is 63.7. The molecule has 3 aromatic rings. The minimum atomic E-state index is -4.41. The zero-order valence-electron chi connectivity index (χ0n) is 21.2. The number of rotatable bonds is 7. The van der Waals surface area contributed by atoms with E-state index in [-0.39, 0.29) is 23.8 Å². The molecular weight excluding hydrogens is 502 g/mol. The second kappa shape index (κ2) is 10.5. The monoisotopic (exact) mass is 529 g/mol. The molecule has 1 aliphatic rings. The van der Waals surface area contributed by atoms with Crippen LogP contribution in [0, 0.1) is 5.82 Å². The zero-order valence-corrected chi connectivity index (χ0v) is 21.2. The smallest absolute Gasteiger partial charge is 0.416 e. The van der Waals surface area contributed by atoms with Gasteiger partial charge in [0.1, 0.15) is 5.75 Å². The Morgan fingerprint density at radius 2 is 1.66 bits per heavy atom. The first-order chi connectivity index (χ1) is 17.9. The van der Waals surface area contributed by atoms with Crippen LogP contribution in [-0.2, 0) is 21.2 Å². The molecule has 0 radical (unpaired) electrons. The highest BCUT2D eigenvalue weighted by molar-refractivity contribution is 5.97. The maximum atomic E-state index is 14.5. The summed E-state index contributed by atoms with van der Waals surface area (Å²) >= 11 is 0. The van der Waals surface area contributed by atoms with E-state index in [9.17, 15) is 27.2 Å². The van der Waals surface area contributed by atoms with E-state index >= 15 is 0 Å². The molecule has 0 atom stereocenters. The Hall–Kier alpha value is -3.88. The number of hydrogen-bond acceptors (Lipinski definition) is 4. The van der Waals surface area contributed by atoms with E-state index in [4.69, 9.17) is 9.47 Å². The highest BCUT2D eigenvalue weighted by atomic mass is 19.4. The molecule has 1 amide bonds. The van der Waals surface area contributed by atoms with Gasteiger partial charge in [0.25, 0.3) is 5.91 Å². The Bertz CT molecular complexity index is 1350. The maximum Gasteiger partial charge on any atom is 0.416 e. The van der Waals surface area contributed by atoms with E-state index in [1.165, 1.54) is 24.3 Å². The van der Waals surface area contributed by atoms with Gasteiger partial charge in [-0.25, -0.2) is 4.39 Å². The molecule has 0 saturated heterocycles. The van der Waals surface area contributed by atoms with Gasteiger partial charge in [-0.2, -0.15) is 13.2 Å². The summed E-state index contributed by atoms with van der Waals surface area (Å²) in [5.74, 6) is -1.70. The summed E-state index contributed by atoms with van der Waals surface area (Å²) in [7, 11) is 0. The van der Waals surface area contributed by atoms with Crippen molar-refractivity contribution in [1.82, 2.24) is 0 Å². The van der Waals surface area contributed by atoms with Crippen LogP contribution in [0.15, 0.2) is 60.7 Å². The third-order valence-electron chi connectivity index (χ3n) is 6.36. The van der Waals surface area contributed by atoms with Crippen LogP contribution >= 0.6 is 0 Å². The SMILES string of the molecule is CCCC(=O)Oc1ccc(OCC(=O)N2CC(C)(C)c3cc(-c4ccc(C(F)(F)F)cc4)ccc32)c(F)c1. The van der Waals surface area contributed by atoms with Crippen LogP contribution in [0.1, 0.15) is 44.7 Å². The van der Waals surface area contributed by atoms with Crippen molar-refractivity contribution in [3.63, 3.8) is 0 Å². The van der Waals surface area contributed by atoms with Gasteiger partial charge in [-0.15, -0.1) is 0 Å². The quantitative estimate of drug-likeness (QED) is 0.189. The number of carbonyl (C=O) groups is 2. The summed E-state index contributed by atoms with van der Waals surface area (Å²) in [6.45, 7) is 5.70. The Morgan fingerprint density at radius 3 is 2.29 bits per heavy atom. The molecule has 0 saturated carbocycles. The van der Waals surface area contributed by atoms with Crippen LogP contribution in [0.4, 0.5) is 23.2 Å². The summed E-state index contributed by atoms with van der Waals surface area (Å²) in [6.07, 6.45) is -3.58. The fourth-order valence-corrected chi connectivity index (χ4v) is 4.40. The van der Waals surface area contributed by atoms with Crippen molar-refractivity contribution in [2.24, 2.45) is 0 Å². The second-order valence-electron chi connectivity index (χ2n) is 9.78. The number of halogens is 4. The lowest BCUT2D eigenvalue weighted by Crippen LogP contribution is -2.37. The number of esters is 1. The highest BCUT2D eigenvalue weighted by Gasteiger charge is 2.38. The van der Waals surface area contributed by atoms with E-state index in [2.05, 4.69) is 0 Å². The van der Waals surface area contributed by atoms with E-state index < -0.39 is 35.5 Å². The summed E-state index contributed by atoms with van der Waals surface area (Å²) in [6, 6.07) is 14.1. The Morgan fingerprint density at radius 1 is 0.974 bits per heavy atom. The molecule has 0 spiro atoms. The molecule has 4 rings (SSSR count). The number of ether oxygens (including phenoxy) is 2. The van der Waals surface area contributed by atoms with Crippen LogP contribution in [0.5, 0.6) is 11.5 Å². The standard InChI is InChI=1S/C29H27F4NO4/c1-4-5-27(36)38-21-11-13-25(23(30)15-21)37-16-26(35)34-17-28(2,3)22-14-19(8-12-24(22)34)18-6-9-20(10-7-18)29(31,32)33/h6-15H,4-5,16-17H2,1-3H3. The van der Waals surface area contributed by atoms with Gasteiger partial charge in [-0.1, -0.05) is 39.0 Å². The van der Waals surface area contributed by atoms with Gasteiger partial charge in [0.15, 0.2) is 18.2 Å². The predicted molar refractivity (Wildman–Crippen MR) is 135 cm³/mol. The molecule has 1 aliphatic heterocycles. The lowest BCUT2D eigenvalue weighted by Gasteiger charge is -2.21. The van der Waals surface area contributed by atoms with E-state index in [0.29, 0.717) is 24.2 Å². The van der Waals surface area contributed by atoms with Gasteiger partial charge in [0, 0.05) is 30.1 Å². The number of hydrogen-bond donors (Lipinski definition) is 0. The third-order valence-corrected chi connectivity index (χ3v) is 6.36. The molecule has 0 fully saturated rings. The summed E-state index contributed by atoms with van der Waals surface area (Å²) in [4.78, 5) is 26.2. The van der Waals surface area contributed by atoms with Crippen molar-refractivity contribution in [2.45, 2.75) is 45.2 Å². The first-order valence-electron chi connectivity index (χ1n) is 12.1. The van der Waals surface area contributed by atoms with Gasteiger partial charge in [0.05, 0.1) is 5.56 Å². The number of alkyl halides is 3. The van der Waals surface area contributed by atoms with Gasteiger partial charge in [-0.05, 0) is 59.5 Å². The third kappa shape index (κ3) is 5.82. The number of benzene rings is 3. The van der Waals surface area contributed by atoms with Gasteiger partial charge < -0.3 is 14.4 Å². The first-order valence-corrected chi connectivity index (χ1v) is 12.1. The number of fused-ring (bicyclic) bond motifs is 1. The van der Waals surface area contributed by atoms with Crippen molar-refractivity contribution in [3.05, 3.63) is 77.6 Å². The molecule has 0 aliphatic carbocycles. The Labute approximate surface area is 218 Å². The number of nitrogens with zero attached hydrogens (tertiary/aromatic N) is 1. The Balaban J connectivity index is 1.47. The van der Waals surface area contributed by atoms with E-state index in [0.717, 1.165) is 29.3 Å². The second-order valence-corrected chi connectivity index (χ2v) is 9.78. The summed E-state index contributed by atoms with van der Waals surface area (Å²) in [5, 5.41) is 0. The molecule has 3 aromatic carbocycles. The topological polar surface area (TPSA) is 55.8 Å². The number of anilines is 1. The first kappa shape index (κ1) is 27.2. The van der Waals surface area contributed by atoms with Crippen molar-refractivity contribution in [3.8, 4) is 22.6 Å². The van der Waals surface area contributed by atoms with E-state index in [1.54, 1.807) is 17.0 Å². The molecule has 200 valence electrons. The zero-order chi connectivity index (χ0) is 27.7. The van der Waals surface area contributed by atoms with Gasteiger partial charge in [-0.3, -0.25) is 9.59 Å². The minimum absolute atomic E-state index is 0.0543. The summed E-state index contributed by atoms with van der Waals surface area (Å²) in [5.41, 5.74) is 1.75. The average Bonchev–Trinajstić information content (AvgIpc) is 3.13. The van der Waals surface area contributed by atoms with E-state index in [1.807, 2.05) is 26.8 Å². The highest BCUT2D eigenvalue weighted by Crippen LogP contribution is 2.43. The van der Waals surface area contributed by atoms with Crippen LogP contribution < -0.4 is 14.4 Å². The molecule has 5 nitrogen and oxygen atoms in total. The lowest BCUT2D eigenvalue weighted by atomic mass is 9.85. The van der Waals surface area contributed by atoms with Crippen molar-refractivity contribution in [2.75, 3.05) is 18.1 Å². The fraction of sp³-hybridized carbons (Fsp3) is 0.310. The molecular formula is C29H27F4NO4. The molecule has 0 bridgehead atoms. The molecule has 9 heteroatoms. The lowest BCUT2D eigenvalue weighted by molar-refractivity contribution is -0.137. The van der Waals surface area contributed by atoms with Gasteiger partial charge >= 0.3 is 12.1 Å². The molecule has 1 heterocycles. The van der Waals surface area contributed by atoms with Crippen LogP contribution in [-0.4, -0.2) is 25.0 Å². The number of amides is 1. The molecule has 0 N–H and O–H groups in total. The number of carbonyl (C=O) groups excluding carboxylic acids is 2. The minimum Gasteiger partial charge on any atom is -0.481 e. The van der Waals surface area contributed by atoms with Crippen LogP contribution in [0.3, 0.4) is 0 Å². The van der Waals surface area contributed by atoms with Gasteiger partial charge in [0.2, 0.25) is 0 Å². The molecule has 38 heavy (non-hydrogen) atoms. The van der Waals surface area contributed by atoms with Crippen molar-refractivity contribution in [1.29, 1.82) is 0 Å². The predicted octanol–water partition coefficient (Wildman–Crippen LogP) is 6.92.